The number of halogens is 1. The van der Waals surface area contributed by atoms with Crippen LogP contribution < -0.4 is 14.8 Å². The third-order valence-electron chi connectivity index (χ3n) is 3.64. The molecule has 1 N–H and O–H groups in total. The topological polar surface area (TPSA) is 78.3 Å². The van der Waals surface area contributed by atoms with Crippen LogP contribution in [0.5, 0.6) is 11.5 Å². The number of rotatable bonds is 6. The Hall–Kier alpha value is -3.42. The van der Waals surface area contributed by atoms with Crippen LogP contribution in [0.3, 0.4) is 0 Å². The average Bonchev–Trinajstić information content (AvgIpc) is 3.07. The molecule has 26 heavy (non-hydrogen) atoms. The normalized spacial score (nSPS) is 10.4. The van der Waals surface area contributed by atoms with Crippen LogP contribution in [0, 0.1) is 5.82 Å². The van der Waals surface area contributed by atoms with Gasteiger partial charge in [0.25, 0.3) is 5.91 Å². The van der Waals surface area contributed by atoms with Gasteiger partial charge in [-0.1, -0.05) is 18.2 Å². The molecule has 2 aromatic carbocycles. The third kappa shape index (κ3) is 3.80. The number of methoxy groups -OCH3 is 2. The maximum Gasteiger partial charge on any atom is 0.261 e. The number of nitrogens with zero attached hydrogens (tertiary/aromatic N) is 3. The van der Waals surface area contributed by atoms with Gasteiger partial charge in [-0.15, -0.1) is 5.10 Å². The Morgan fingerprint density at radius 3 is 2.73 bits per heavy atom. The van der Waals surface area contributed by atoms with Crippen molar-refractivity contribution >= 4 is 11.9 Å². The van der Waals surface area contributed by atoms with Crippen molar-refractivity contribution in [3.8, 4) is 11.5 Å². The molecule has 3 rings (SSSR count). The molecule has 7 nitrogen and oxygen atoms in total. The molecule has 0 saturated heterocycles. The van der Waals surface area contributed by atoms with Crippen LogP contribution in [0.15, 0.2) is 48.8 Å². The van der Waals surface area contributed by atoms with Crippen LogP contribution in [-0.2, 0) is 6.54 Å². The molecule has 0 spiro atoms. The van der Waals surface area contributed by atoms with Gasteiger partial charge in [-0.05, 0) is 29.8 Å². The lowest BCUT2D eigenvalue weighted by Crippen LogP contribution is -2.15. The van der Waals surface area contributed by atoms with Crippen molar-refractivity contribution in [2.45, 2.75) is 6.54 Å². The van der Waals surface area contributed by atoms with Gasteiger partial charge in [-0.2, -0.15) is 0 Å². The molecule has 1 aromatic heterocycles. The number of anilines is 1. The van der Waals surface area contributed by atoms with E-state index in [1.54, 1.807) is 30.3 Å². The van der Waals surface area contributed by atoms with Crippen molar-refractivity contribution in [2.24, 2.45) is 0 Å². The first-order chi connectivity index (χ1) is 12.6. The Balaban J connectivity index is 1.74. The van der Waals surface area contributed by atoms with Gasteiger partial charge in [0.2, 0.25) is 5.95 Å². The Labute approximate surface area is 149 Å². The minimum Gasteiger partial charge on any atom is -0.493 e. The fraction of sp³-hybridized carbons (Fsp3) is 0.167. The molecule has 8 heteroatoms. The predicted molar refractivity (Wildman–Crippen MR) is 93.0 cm³/mol. The largest absolute Gasteiger partial charge is 0.493 e. The summed E-state index contributed by atoms with van der Waals surface area (Å²) in [6.45, 7) is 0.336. The van der Waals surface area contributed by atoms with E-state index in [4.69, 9.17) is 9.47 Å². The van der Waals surface area contributed by atoms with E-state index in [9.17, 15) is 9.18 Å². The number of benzene rings is 2. The van der Waals surface area contributed by atoms with E-state index < -0.39 is 5.91 Å². The van der Waals surface area contributed by atoms with Gasteiger partial charge >= 0.3 is 0 Å². The molecule has 0 saturated carbocycles. The summed E-state index contributed by atoms with van der Waals surface area (Å²) in [5, 5.41) is 6.79. The van der Waals surface area contributed by atoms with Gasteiger partial charge in [0.15, 0.2) is 11.5 Å². The molecule has 3 aromatic rings. The molecule has 0 aliphatic rings. The zero-order chi connectivity index (χ0) is 18.5. The summed E-state index contributed by atoms with van der Waals surface area (Å²) in [6, 6.07) is 11.2. The van der Waals surface area contributed by atoms with Crippen molar-refractivity contribution in [3.05, 3.63) is 65.7 Å². The molecular formula is C18H17FN4O3. The fourth-order valence-electron chi connectivity index (χ4n) is 2.49. The van der Waals surface area contributed by atoms with Crippen LogP contribution in [-0.4, -0.2) is 34.9 Å². The zero-order valence-corrected chi connectivity index (χ0v) is 14.3. The highest BCUT2D eigenvalue weighted by Crippen LogP contribution is 2.30. The number of carbonyl (C=O) groups excluding carboxylic acids is 1. The van der Waals surface area contributed by atoms with Gasteiger partial charge in [0.05, 0.1) is 26.3 Å². The molecule has 1 amide bonds. The first-order valence-electron chi connectivity index (χ1n) is 7.77. The number of hydrogen-bond donors (Lipinski definition) is 1. The van der Waals surface area contributed by atoms with E-state index in [2.05, 4.69) is 15.4 Å². The van der Waals surface area contributed by atoms with Crippen LogP contribution >= 0.6 is 0 Å². The number of para-hydroxylation sites is 1. The molecule has 0 fully saturated rings. The van der Waals surface area contributed by atoms with E-state index in [0.29, 0.717) is 23.6 Å². The second kappa shape index (κ2) is 7.64. The van der Waals surface area contributed by atoms with Crippen molar-refractivity contribution in [2.75, 3.05) is 19.5 Å². The Morgan fingerprint density at radius 2 is 2.00 bits per heavy atom. The second-order valence-corrected chi connectivity index (χ2v) is 5.39. The third-order valence-corrected chi connectivity index (χ3v) is 3.64. The number of aromatic nitrogens is 3. The monoisotopic (exact) mass is 356 g/mol. The van der Waals surface area contributed by atoms with Gasteiger partial charge in [-0.3, -0.25) is 10.1 Å². The predicted octanol–water partition coefficient (Wildman–Crippen LogP) is 2.74. The molecule has 0 atom stereocenters. The van der Waals surface area contributed by atoms with Gasteiger partial charge in [0.1, 0.15) is 12.1 Å². The quantitative estimate of drug-likeness (QED) is 0.735. The number of amides is 1. The summed E-state index contributed by atoms with van der Waals surface area (Å²) < 4.78 is 25.2. The first-order valence-corrected chi connectivity index (χ1v) is 7.77. The van der Waals surface area contributed by atoms with E-state index >= 15 is 0 Å². The number of hydrogen-bond acceptors (Lipinski definition) is 5. The summed E-state index contributed by atoms with van der Waals surface area (Å²) in [5.41, 5.74) is 1.04. The molecule has 0 aliphatic heterocycles. The van der Waals surface area contributed by atoms with Crippen LogP contribution in [0.4, 0.5) is 10.3 Å². The van der Waals surface area contributed by atoms with Crippen molar-refractivity contribution < 1.29 is 18.7 Å². The second-order valence-electron chi connectivity index (χ2n) is 5.39. The zero-order valence-electron chi connectivity index (χ0n) is 14.3. The Bertz CT molecular complexity index is 926. The highest BCUT2D eigenvalue weighted by molar-refractivity contribution is 6.05. The lowest BCUT2D eigenvalue weighted by atomic mass is 10.1. The molecule has 0 radical (unpaired) electrons. The van der Waals surface area contributed by atoms with E-state index in [1.165, 1.54) is 37.4 Å². The minimum atomic E-state index is -0.427. The molecule has 1 heterocycles. The molecule has 0 aliphatic carbocycles. The molecule has 0 bridgehead atoms. The highest BCUT2D eigenvalue weighted by atomic mass is 19.1. The van der Waals surface area contributed by atoms with Crippen LogP contribution in [0.2, 0.25) is 0 Å². The summed E-state index contributed by atoms with van der Waals surface area (Å²) in [4.78, 5) is 16.5. The standard InChI is InChI=1S/C18H17FN4O3/c1-25-15-8-4-7-14(16(15)26-2)17(24)21-18-20-11-23(22-18)10-12-5-3-6-13(19)9-12/h3-9,11H,10H2,1-2H3,(H,21,22,24). The number of nitrogens with one attached hydrogen (secondary N) is 1. The molecular weight excluding hydrogens is 339 g/mol. The van der Waals surface area contributed by atoms with Gasteiger partial charge in [0, 0.05) is 0 Å². The number of carbonyl (C=O) groups is 1. The van der Waals surface area contributed by atoms with Crippen molar-refractivity contribution in [1.29, 1.82) is 0 Å². The van der Waals surface area contributed by atoms with Crippen LogP contribution in [0.25, 0.3) is 0 Å². The lowest BCUT2D eigenvalue weighted by molar-refractivity contribution is 0.102. The Morgan fingerprint density at radius 1 is 1.19 bits per heavy atom. The molecule has 0 unspecified atom stereocenters. The van der Waals surface area contributed by atoms with Gasteiger partial charge in [-0.25, -0.2) is 14.1 Å². The van der Waals surface area contributed by atoms with Crippen LogP contribution in [0.1, 0.15) is 15.9 Å². The average molecular weight is 356 g/mol. The summed E-state index contributed by atoms with van der Waals surface area (Å²) >= 11 is 0. The highest BCUT2D eigenvalue weighted by Gasteiger charge is 2.17. The van der Waals surface area contributed by atoms with E-state index in [-0.39, 0.29) is 11.8 Å². The smallest absolute Gasteiger partial charge is 0.261 e. The maximum absolute atomic E-state index is 13.2. The summed E-state index contributed by atoms with van der Waals surface area (Å²) in [7, 11) is 2.95. The van der Waals surface area contributed by atoms with Crippen molar-refractivity contribution in [3.63, 3.8) is 0 Å². The summed E-state index contributed by atoms with van der Waals surface area (Å²) in [5.74, 6) is 0.165. The van der Waals surface area contributed by atoms with E-state index in [1.807, 2.05) is 0 Å². The first kappa shape index (κ1) is 17.4. The maximum atomic E-state index is 13.2. The summed E-state index contributed by atoms with van der Waals surface area (Å²) in [6.07, 6.45) is 1.46. The molecule has 134 valence electrons. The SMILES string of the molecule is COc1cccc(C(=O)Nc2ncn(Cc3cccc(F)c3)n2)c1OC. The number of ether oxygens (including phenoxy) is 2. The minimum absolute atomic E-state index is 0.135. The van der Waals surface area contributed by atoms with E-state index in [0.717, 1.165) is 5.56 Å². The van der Waals surface area contributed by atoms with Gasteiger partial charge < -0.3 is 9.47 Å². The Kier molecular flexibility index (Phi) is 5.12. The lowest BCUT2D eigenvalue weighted by Gasteiger charge is -2.11. The fourth-order valence-corrected chi connectivity index (χ4v) is 2.49. The van der Waals surface area contributed by atoms with Crippen molar-refractivity contribution in [1.82, 2.24) is 14.8 Å².